The summed E-state index contributed by atoms with van der Waals surface area (Å²) in [5.41, 5.74) is 6.56. The third-order valence-corrected chi connectivity index (χ3v) is 5.09. The molecular formula is C13H21ClN2O3S. The predicted molar refractivity (Wildman–Crippen MR) is 81.5 cm³/mol. The van der Waals surface area contributed by atoms with E-state index >= 15 is 0 Å². The van der Waals surface area contributed by atoms with E-state index in [-0.39, 0.29) is 24.3 Å². The highest BCUT2D eigenvalue weighted by molar-refractivity contribution is 7.89. The van der Waals surface area contributed by atoms with E-state index in [0.717, 1.165) is 5.56 Å². The van der Waals surface area contributed by atoms with Gasteiger partial charge in [-0.05, 0) is 12.0 Å². The number of ether oxygens (including phenoxy) is 1. The van der Waals surface area contributed by atoms with Crippen LogP contribution in [-0.4, -0.2) is 50.8 Å². The molecule has 7 heteroatoms. The van der Waals surface area contributed by atoms with Gasteiger partial charge in [0.2, 0.25) is 10.0 Å². The molecule has 0 bridgehead atoms. The van der Waals surface area contributed by atoms with Crippen molar-refractivity contribution in [3.05, 3.63) is 35.9 Å². The van der Waals surface area contributed by atoms with Gasteiger partial charge < -0.3 is 10.5 Å². The largest absolute Gasteiger partial charge is 0.374 e. The summed E-state index contributed by atoms with van der Waals surface area (Å²) < 4.78 is 31.4. The minimum absolute atomic E-state index is 0. The zero-order valence-corrected chi connectivity index (χ0v) is 12.9. The van der Waals surface area contributed by atoms with Crippen LogP contribution in [0.4, 0.5) is 0 Å². The molecule has 5 nitrogen and oxygen atoms in total. The fraction of sp³-hybridized carbons (Fsp3) is 0.538. The van der Waals surface area contributed by atoms with Gasteiger partial charge >= 0.3 is 0 Å². The lowest BCUT2D eigenvalue weighted by Crippen LogP contribution is -2.48. The lowest BCUT2D eigenvalue weighted by atomic mass is 10.2. The average molecular weight is 321 g/mol. The molecule has 2 N–H and O–H groups in total. The smallest absolute Gasteiger partial charge is 0.214 e. The second-order valence-electron chi connectivity index (χ2n) is 4.64. The molecule has 1 aromatic carbocycles. The van der Waals surface area contributed by atoms with Gasteiger partial charge in [-0.15, -0.1) is 12.4 Å². The Bertz CT molecular complexity index is 496. The van der Waals surface area contributed by atoms with Gasteiger partial charge in [0.05, 0.1) is 18.5 Å². The SMILES string of the molecule is Cl.NCC1CN(S(=O)(=O)CCc2ccccc2)CCO1. The molecule has 1 aromatic rings. The van der Waals surface area contributed by atoms with Gasteiger partial charge in [-0.25, -0.2) is 8.42 Å². The minimum atomic E-state index is -3.23. The monoisotopic (exact) mass is 320 g/mol. The van der Waals surface area contributed by atoms with Gasteiger partial charge in [0.15, 0.2) is 0 Å². The Kier molecular flexibility index (Phi) is 6.91. The van der Waals surface area contributed by atoms with Crippen molar-refractivity contribution in [3.8, 4) is 0 Å². The van der Waals surface area contributed by atoms with E-state index in [9.17, 15) is 8.42 Å². The molecule has 20 heavy (non-hydrogen) atoms. The van der Waals surface area contributed by atoms with Crippen LogP contribution in [-0.2, 0) is 21.2 Å². The normalized spacial score (nSPS) is 20.4. The van der Waals surface area contributed by atoms with Crippen LogP contribution in [0.5, 0.6) is 0 Å². The molecule has 0 aliphatic carbocycles. The highest BCUT2D eigenvalue weighted by atomic mass is 35.5. The zero-order chi connectivity index (χ0) is 13.7. The lowest BCUT2D eigenvalue weighted by molar-refractivity contribution is 0.00453. The van der Waals surface area contributed by atoms with E-state index in [1.807, 2.05) is 30.3 Å². The second-order valence-corrected chi connectivity index (χ2v) is 6.73. The van der Waals surface area contributed by atoms with Crippen LogP contribution in [0, 0.1) is 0 Å². The lowest BCUT2D eigenvalue weighted by Gasteiger charge is -2.31. The number of halogens is 1. The average Bonchev–Trinajstić information content (AvgIpc) is 2.46. The van der Waals surface area contributed by atoms with Gasteiger partial charge in [0.25, 0.3) is 0 Å². The molecule has 1 heterocycles. The zero-order valence-electron chi connectivity index (χ0n) is 11.3. The summed E-state index contributed by atoms with van der Waals surface area (Å²) in [5, 5.41) is 0. The standard InChI is InChI=1S/C13H20N2O3S.ClH/c14-10-13-11-15(7-8-18-13)19(16,17)9-6-12-4-2-1-3-5-12;/h1-5,13H,6-11,14H2;1H. The van der Waals surface area contributed by atoms with Crippen molar-refractivity contribution in [1.29, 1.82) is 0 Å². The summed E-state index contributed by atoms with van der Waals surface area (Å²) in [4.78, 5) is 0. The molecule has 2 rings (SSSR count). The van der Waals surface area contributed by atoms with Gasteiger partial charge in [-0.2, -0.15) is 4.31 Å². The Morgan fingerprint density at radius 2 is 2.00 bits per heavy atom. The minimum Gasteiger partial charge on any atom is -0.374 e. The molecule has 0 radical (unpaired) electrons. The molecule has 0 aromatic heterocycles. The first-order valence-electron chi connectivity index (χ1n) is 6.45. The first kappa shape index (κ1) is 17.4. The van der Waals surface area contributed by atoms with Crippen molar-refractivity contribution >= 4 is 22.4 Å². The number of aryl methyl sites for hydroxylation is 1. The number of hydrogen-bond donors (Lipinski definition) is 1. The Balaban J connectivity index is 0.00000200. The number of benzene rings is 1. The third-order valence-electron chi connectivity index (χ3n) is 3.25. The fourth-order valence-electron chi connectivity index (χ4n) is 2.11. The molecule has 1 aliphatic heterocycles. The molecule has 1 aliphatic rings. The summed E-state index contributed by atoms with van der Waals surface area (Å²) in [5.74, 6) is 0.133. The molecular weight excluding hydrogens is 300 g/mol. The molecule has 0 saturated carbocycles. The fourth-order valence-corrected chi connectivity index (χ4v) is 3.61. The molecule has 1 atom stereocenters. The summed E-state index contributed by atoms with van der Waals surface area (Å²) in [6.07, 6.45) is 0.355. The van der Waals surface area contributed by atoms with Gasteiger partial charge in [0, 0.05) is 19.6 Å². The Morgan fingerprint density at radius 1 is 1.30 bits per heavy atom. The van der Waals surface area contributed by atoms with Crippen molar-refractivity contribution in [2.45, 2.75) is 12.5 Å². The van der Waals surface area contributed by atoms with E-state index in [4.69, 9.17) is 10.5 Å². The van der Waals surface area contributed by atoms with Gasteiger partial charge in [-0.3, -0.25) is 0 Å². The van der Waals surface area contributed by atoms with Gasteiger partial charge in [0.1, 0.15) is 0 Å². The molecule has 1 fully saturated rings. The predicted octanol–water partition coefficient (Wildman–Crippen LogP) is 0.640. The van der Waals surface area contributed by atoms with Crippen LogP contribution in [0.3, 0.4) is 0 Å². The number of rotatable bonds is 5. The van der Waals surface area contributed by atoms with Crippen LogP contribution in [0.25, 0.3) is 0 Å². The van der Waals surface area contributed by atoms with Crippen molar-refractivity contribution in [2.24, 2.45) is 5.73 Å². The number of sulfonamides is 1. The van der Waals surface area contributed by atoms with Crippen LogP contribution in [0.1, 0.15) is 5.56 Å². The Hall–Kier alpha value is -0.660. The van der Waals surface area contributed by atoms with E-state index in [0.29, 0.717) is 32.7 Å². The van der Waals surface area contributed by atoms with E-state index < -0.39 is 10.0 Å². The molecule has 0 amide bonds. The number of morpholine rings is 1. The quantitative estimate of drug-likeness (QED) is 0.864. The topological polar surface area (TPSA) is 72.6 Å². The first-order chi connectivity index (χ1) is 9.12. The maximum Gasteiger partial charge on any atom is 0.214 e. The first-order valence-corrected chi connectivity index (χ1v) is 8.06. The Labute approximate surface area is 126 Å². The van der Waals surface area contributed by atoms with Crippen LogP contribution >= 0.6 is 12.4 Å². The molecule has 1 saturated heterocycles. The van der Waals surface area contributed by atoms with Crippen molar-refractivity contribution in [2.75, 3.05) is 32.0 Å². The van der Waals surface area contributed by atoms with E-state index in [1.165, 1.54) is 4.31 Å². The molecule has 114 valence electrons. The maximum atomic E-state index is 12.2. The van der Waals surface area contributed by atoms with Crippen molar-refractivity contribution < 1.29 is 13.2 Å². The summed E-state index contributed by atoms with van der Waals surface area (Å²) >= 11 is 0. The molecule has 0 spiro atoms. The van der Waals surface area contributed by atoms with Crippen LogP contribution in [0.2, 0.25) is 0 Å². The Morgan fingerprint density at radius 3 is 2.65 bits per heavy atom. The summed E-state index contributed by atoms with van der Waals surface area (Å²) in [6, 6.07) is 9.64. The number of nitrogens with zero attached hydrogens (tertiary/aromatic N) is 1. The van der Waals surface area contributed by atoms with Gasteiger partial charge in [-0.1, -0.05) is 30.3 Å². The van der Waals surface area contributed by atoms with Crippen LogP contribution in [0.15, 0.2) is 30.3 Å². The van der Waals surface area contributed by atoms with Crippen molar-refractivity contribution in [1.82, 2.24) is 4.31 Å². The second kappa shape index (κ2) is 7.95. The van der Waals surface area contributed by atoms with E-state index in [1.54, 1.807) is 0 Å². The summed E-state index contributed by atoms with van der Waals surface area (Å²) in [6.45, 7) is 1.57. The van der Waals surface area contributed by atoms with Crippen molar-refractivity contribution in [3.63, 3.8) is 0 Å². The summed E-state index contributed by atoms with van der Waals surface area (Å²) in [7, 11) is -3.23. The van der Waals surface area contributed by atoms with Crippen LogP contribution < -0.4 is 5.73 Å². The highest BCUT2D eigenvalue weighted by Crippen LogP contribution is 2.12. The maximum absolute atomic E-state index is 12.2. The highest BCUT2D eigenvalue weighted by Gasteiger charge is 2.28. The molecule has 1 unspecified atom stereocenters. The number of hydrogen-bond acceptors (Lipinski definition) is 4. The number of nitrogens with two attached hydrogens (primary N) is 1. The van der Waals surface area contributed by atoms with E-state index in [2.05, 4.69) is 0 Å². The third kappa shape index (κ3) is 4.71.